The number of aromatic nitrogens is 3. The van der Waals surface area contributed by atoms with Gasteiger partial charge in [-0.15, -0.1) is 0 Å². The predicted molar refractivity (Wildman–Crippen MR) is 140 cm³/mol. The summed E-state index contributed by atoms with van der Waals surface area (Å²) in [5.74, 6) is -5.37. The fourth-order valence-corrected chi connectivity index (χ4v) is 4.30. The van der Waals surface area contributed by atoms with Crippen LogP contribution in [-0.4, -0.2) is 20.4 Å². The van der Waals surface area contributed by atoms with Gasteiger partial charge in [-0.1, -0.05) is 6.07 Å². The Morgan fingerprint density at radius 2 is 1.71 bits per heavy atom. The van der Waals surface area contributed by atoms with Crippen molar-refractivity contribution < 1.29 is 35.9 Å². The van der Waals surface area contributed by atoms with E-state index in [0.29, 0.717) is 17.8 Å². The summed E-state index contributed by atoms with van der Waals surface area (Å²) in [6.45, 7) is 1.11. The third-order valence-electron chi connectivity index (χ3n) is 6.29. The Bertz CT molecular complexity index is 1880. The Labute approximate surface area is 233 Å². The zero-order valence-corrected chi connectivity index (χ0v) is 21.5. The highest BCUT2D eigenvalue weighted by atomic mass is 19.4. The van der Waals surface area contributed by atoms with E-state index in [0.717, 1.165) is 24.5 Å². The molecule has 0 radical (unpaired) electrons. The van der Waals surface area contributed by atoms with E-state index in [9.17, 15) is 35.9 Å². The summed E-state index contributed by atoms with van der Waals surface area (Å²) in [7, 11) is 0. The van der Waals surface area contributed by atoms with Crippen LogP contribution in [-0.2, 0) is 12.7 Å². The molecule has 2 aromatic heterocycles. The van der Waals surface area contributed by atoms with Gasteiger partial charge in [0.2, 0.25) is 0 Å². The SMILES string of the molecule is Cc1ncccc1NC(=O)c1cccc(Oc2ccc3c(c2)c(=O)ncn3Cc2c(F)cc(F)cc2F)c1C(F)(F)F. The molecule has 0 saturated heterocycles. The van der Waals surface area contributed by atoms with Gasteiger partial charge in [0.15, 0.2) is 0 Å². The van der Waals surface area contributed by atoms with Gasteiger partial charge in [-0.3, -0.25) is 14.6 Å². The molecule has 0 unspecified atom stereocenters. The molecule has 1 amide bonds. The monoisotopic (exact) mass is 584 g/mol. The fraction of sp³-hybridized carbons (Fsp3) is 0.103. The largest absolute Gasteiger partial charge is 0.457 e. The van der Waals surface area contributed by atoms with E-state index in [2.05, 4.69) is 15.3 Å². The van der Waals surface area contributed by atoms with E-state index < -0.39 is 64.1 Å². The van der Waals surface area contributed by atoms with Crippen LogP contribution >= 0.6 is 0 Å². The first-order valence-corrected chi connectivity index (χ1v) is 12.2. The quantitative estimate of drug-likeness (QED) is 0.227. The summed E-state index contributed by atoms with van der Waals surface area (Å²) in [4.78, 5) is 33.1. The van der Waals surface area contributed by atoms with E-state index in [1.807, 2.05) is 0 Å². The van der Waals surface area contributed by atoms with Gasteiger partial charge in [0.05, 0.1) is 40.7 Å². The fourth-order valence-electron chi connectivity index (χ4n) is 4.30. The summed E-state index contributed by atoms with van der Waals surface area (Å²) in [6.07, 6.45) is -2.52. The minimum Gasteiger partial charge on any atom is -0.457 e. The normalized spacial score (nSPS) is 11.5. The Morgan fingerprint density at radius 1 is 0.976 bits per heavy atom. The molecule has 3 aromatic carbocycles. The number of alkyl halides is 3. The first-order valence-electron chi connectivity index (χ1n) is 12.2. The average Bonchev–Trinajstić information content (AvgIpc) is 2.92. The Morgan fingerprint density at radius 3 is 2.40 bits per heavy atom. The maximum Gasteiger partial charge on any atom is 0.420 e. The average molecular weight is 584 g/mol. The third-order valence-corrected chi connectivity index (χ3v) is 6.29. The van der Waals surface area contributed by atoms with Gasteiger partial charge in [-0.2, -0.15) is 18.2 Å². The number of hydrogen-bond donors (Lipinski definition) is 1. The first-order chi connectivity index (χ1) is 19.9. The van der Waals surface area contributed by atoms with Gasteiger partial charge in [-0.25, -0.2) is 13.2 Å². The standard InChI is InChI=1S/C29H18F6N4O3/c1-15-23(5-3-9-36-15)38-28(41)18-4-2-6-25(26(18)29(33,34)35)42-17-7-8-24-19(12-17)27(40)37-14-39(24)13-20-21(31)10-16(30)11-22(20)32/h2-12,14H,13H2,1H3,(H,38,41). The van der Waals surface area contributed by atoms with Crippen LogP contribution in [0.5, 0.6) is 11.5 Å². The molecule has 1 N–H and O–H groups in total. The second-order valence-corrected chi connectivity index (χ2v) is 9.07. The van der Waals surface area contributed by atoms with Crippen LogP contribution in [0.4, 0.5) is 32.0 Å². The Kier molecular flexibility index (Phi) is 7.42. The lowest BCUT2D eigenvalue weighted by Crippen LogP contribution is -2.20. The number of anilines is 1. The molecule has 7 nitrogen and oxygen atoms in total. The van der Waals surface area contributed by atoms with Crippen molar-refractivity contribution in [2.24, 2.45) is 0 Å². The second-order valence-electron chi connectivity index (χ2n) is 9.07. The van der Waals surface area contributed by atoms with Crippen LogP contribution in [0.15, 0.2) is 78.0 Å². The molecule has 2 heterocycles. The van der Waals surface area contributed by atoms with Crippen LogP contribution in [0.3, 0.4) is 0 Å². The number of rotatable bonds is 6. The summed E-state index contributed by atoms with van der Waals surface area (Å²) in [5, 5.41) is 2.28. The number of benzene rings is 3. The lowest BCUT2D eigenvalue weighted by molar-refractivity contribution is -0.138. The number of aryl methyl sites for hydroxylation is 1. The van der Waals surface area contributed by atoms with Gasteiger partial charge in [-0.05, 0) is 49.4 Å². The molecule has 0 bridgehead atoms. The van der Waals surface area contributed by atoms with Crippen molar-refractivity contribution in [1.82, 2.24) is 14.5 Å². The number of halogens is 6. The van der Waals surface area contributed by atoms with Crippen molar-refractivity contribution in [3.63, 3.8) is 0 Å². The lowest BCUT2D eigenvalue weighted by atomic mass is 10.0. The van der Waals surface area contributed by atoms with Gasteiger partial charge in [0.1, 0.15) is 34.5 Å². The first kappa shape index (κ1) is 28.3. The minimum atomic E-state index is -5.01. The third kappa shape index (κ3) is 5.66. The Balaban J connectivity index is 1.52. The molecular weight excluding hydrogens is 566 g/mol. The molecule has 0 aliphatic rings. The van der Waals surface area contributed by atoms with E-state index in [1.54, 1.807) is 6.92 Å². The maximum atomic E-state index is 14.2. The number of hydrogen-bond acceptors (Lipinski definition) is 5. The number of carbonyl (C=O) groups excluding carboxylic acids is 1. The van der Waals surface area contributed by atoms with Crippen molar-refractivity contribution >= 4 is 22.5 Å². The van der Waals surface area contributed by atoms with Crippen molar-refractivity contribution in [2.75, 3.05) is 5.32 Å². The summed E-state index contributed by atoms with van der Waals surface area (Å²) < 4.78 is 91.2. The van der Waals surface area contributed by atoms with Crippen molar-refractivity contribution in [1.29, 1.82) is 0 Å². The number of ether oxygens (including phenoxy) is 1. The molecule has 5 aromatic rings. The minimum absolute atomic E-state index is 0.126. The summed E-state index contributed by atoms with van der Waals surface area (Å²) >= 11 is 0. The predicted octanol–water partition coefficient (Wildman–Crippen LogP) is 6.63. The topological polar surface area (TPSA) is 86.1 Å². The number of nitrogens with zero attached hydrogens (tertiary/aromatic N) is 3. The molecule has 0 aliphatic carbocycles. The number of nitrogens with one attached hydrogen (secondary N) is 1. The zero-order chi connectivity index (χ0) is 30.2. The molecule has 0 fully saturated rings. The molecule has 0 aliphatic heterocycles. The van der Waals surface area contributed by atoms with Crippen molar-refractivity contribution in [3.05, 3.63) is 123 Å². The van der Waals surface area contributed by atoms with Crippen LogP contribution in [0.1, 0.15) is 27.2 Å². The molecule has 5 rings (SSSR count). The van der Waals surface area contributed by atoms with Crippen molar-refractivity contribution in [3.8, 4) is 11.5 Å². The van der Waals surface area contributed by atoms with Gasteiger partial charge < -0.3 is 14.6 Å². The molecule has 0 spiro atoms. The van der Waals surface area contributed by atoms with Crippen LogP contribution in [0, 0.1) is 24.4 Å². The van der Waals surface area contributed by atoms with Gasteiger partial charge in [0, 0.05) is 23.9 Å². The molecule has 13 heteroatoms. The molecular formula is C29H18F6N4O3. The Hall–Kier alpha value is -5.20. The molecule has 214 valence electrons. The number of amides is 1. The van der Waals surface area contributed by atoms with E-state index >= 15 is 0 Å². The maximum absolute atomic E-state index is 14.2. The number of fused-ring (bicyclic) bond motifs is 1. The summed E-state index contributed by atoms with van der Waals surface area (Å²) in [6, 6.07) is 10.9. The van der Waals surface area contributed by atoms with E-state index in [4.69, 9.17) is 4.74 Å². The molecule has 42 heavy (non-hydrogen) atoms. The summed E-state index contributed by atoms with van der Waals surface area (Å²) in [5.41, 5.74) is -2.60. The molecule has 0 saturated carbocycles. The smallest absolute Gasteiger partial charge is 0.420 e. The number of carbonyl (C=O) groups is 1. The van der Waals surface area contributed by atoms with Gasteiger partial charge in [0.25, 0.3) is 11.5 Å². The van der Waals surface area contributed by atoms with E-state index in [1.165, 1.54) is 41.1 Å². The van der Waals surface area contributed by atoms with Crippen molar-refractivity contribution in [2.45, 2.75) is 19.6 Å². The highest BCUT2D eigenvalue weighted by Gasteiger charge is 2.39. The highest BCUT2D eigenvalue weighted by molar-refractivity contribution is 6.06. The second kappa shape index (κ2) is 11.0. The lowest BCUT2D eigenvalue weighted by Gasteiger charge is -2.18. The zero-order valence-electron chi connectivity index (χ0n) is 21.5. The van der Waals surface area contributed by atoms with E-state index in [-0.39, 0.29) is 22.3 Å². The number of pyridine rings is 1. The van der Waals surface area contributed by atoms with Crippen LogP contribution in [0.2, 0.25) is 0 Å². The molecule has 0 atom stereocenters. The van der Waals surface area contributed by atoms with Gasteiger partial charge >= 0.3 is 6.18 Å². The highest BCUT2D eigenvalue weighted by Crippen LogP contribution is 2.41. The van der Waals surface area contributed by atoms with Crippen LogP contribution < -0.4 is 15.6 Å². The van der Waals surface area contributed by atoms with Crippen LogP contribution in [0.25, 0.3) is 10.9 Å².